The van der Waals surface area contributed by atoms with Gasteiger partial charge in [-0.1, -0.05) is 42.8 Å². The van der Waals surface area contributed by atoms with E-state index in [0.717, 1.165) is 15.4 Å². The van der Waals surface area contributed by atoms with E-state index in [1.54, 1.807) is 37.3 Å². The average molecular weight is 570 g/mol. The standard InChI is InChI=1S/C30H36FN3O5S/c1-6-17-32-30(36)23(4)33(19-24-10-12-25(31)13-11-24)29(35)20-34(27-18-22(3)9-16-28(27)39-5)40(37,38)26-14-7-21(2)8-15-26/h7-16,18,23H,6,17,19-20H2,1-5H3,(H,32,36). The van der Waals surface area contributed by atoms with Crippen molar-refractivity contribution in [2.24, 2.45) is 0 Å². The summed E-state index contributed by atoms with van der Waals surface area (Å²) in [5.74, 6) is -1.15. The number of halogens is 1. The number of ether oxygens (including phenoxy) is 1. The molecule has 8 nitrogen and oxygen atoms in total. The molecular formula is C30H36FN3O5S. The number of nitrogens with one attached hydrogen (secondary N) is 1. The highest BCUT2D eigenvalue weighted by atomic mass is 32.2. The van der Waals surface area contributed by atoms with Crippen LogP contribution in [0.2, 0.25) is 0 Å². The molecule has 0 saturated carbocycles. The maximum atomic E-state index is 14.0. The predicted molar refractivity (Wildman–Crippen MR) is 153 cm³/mol. The summed E-state index contributed by atoms with van der Waals surface area (Å²) >= 11 is 0. The van der Waals surface area contributed by atoms with Crippen molar-refractivity contribution in [2.45, 2.75) is 51.6 Å². The van der Waals surface area contributed by atoms with Crippen molar-refractivity contribution in [1.29, 1.82) is 0 Å². The van der Waals surface area contributed by atoms with Crippen LogP contribution >= 0.6 is 0 Å². The lowest BCUT2D eigenvalue weighted by Crippen LogP contribution is -2.51. The van der Waals surface area contributed by atoms with E-state index in [1.807, 2.05) is 20.8 Å². The maximum Gasteiger partial charge on any atom is 0.264 e. The largest absolute Gasteiger partial charge is 0.495 e. The van der Waals surface area contributed by atoms with Crippen LogP contribution in [0.5, 0.6) is 5.75 Å². The molecule has 3 rings (SSSR count). The molecule has 3 aromatic carbocycles. The number of hydrogen-bond acceptors (Lipinski definition) is 5. The van der Waals surface area contributed by atoms with Gasteiger partial charge in [0.1, 0.15) is 24.2 Å². The first kappa shape index (κ1) is 30.6. The fourth-order valence-corrected chi connectivity index (χ4v) is 5.53. The van der Waals surface area contributed by atoms with Gasteiger partial charge >= 0.3 is 0 Å². The summed E-state index contributed by atoms with van der Waals surface area (Å²) < 4.78 is 48.1. The Hall–Kier alpha value is -3.92. The molecule has 0 aliphatic carbocycles. The Kier molecular flexibility index (Phi) is 10.3. The third-order valence-corrected chi connectivity index (χ3v) is 8.25. The van der Waals surface area contributed by atoms with Gasteiger partial charge in [0.05, 0.1) is 17.7 Å². The lowest BCUT2D eigenvalue weighted by Gasteiger charge is -2.32. The quantitative estimate of drug-likeness (QED) is 0.344. The monoisotopic (exact) mass is 569 g/mol. The molecule has 0 heterocycles. The van der Waals surface area contributed by atoms with Crippen molar-refractivity contribution in [1.82, 2.24) is 10.2 Å². The highest BCUT2D eigenvalue weighted by molar-refractivity contribution is 7.92. The van der Waals surface area contributed by atoms with E-state index in [1.165, 1.54) is 48.4 Å². The van der Waals surface area contributed by atoms with Crippen LogP contribution in [0, 0.1) is 19.7 Å². The number of sulfonamides is 1. The van der Waals surface area contributed by atoms with Crippen LogP contribution < -0.4 is 14.4 Å². The molecular weight excluding hydrogens is 533 g/mol. The SMILES string of the molecule is CCCNC(=O)C(C)N(Cc1ccc(F)cc1)C(=O)CN(c1cc(C)ccc1OC)S(=O)(=O)c1ccc(C)cc1. The number of methoxy groups -OCH3 is 1. The number of rotatable bonds is 12. The number of carbonyl (C=O) groups excluding carboxylic acids is 2. The first-order valence-corrected chi connectivity index (χ1v) is 14.5. The van der Waals surface area contributed by atoms with Crippen molar-refractivity contribution in [3.8, 4) is 5.75 Å². The molecule has 214 valence electrons. The Balaban J connectivity index is 2.08. The number of aryl methyl sites for hydroxylation is 2. The minimum Gasteiger partial charge on any atom is -0.495 e. The van der Waals surface area contributed by atoms with Gasteiger partial charge in [0, 0.05) is 13.1 Å². The molecule has 1 N–H and O–H groups in total. The second kappa shape index (κ2) is 13.4. The zero-order chi connectivity index (χ0) is 29.4. The summed E-state index contributed by atoms with van der Waals surface area (Å²) in [5, 5.41) is 2.79. The van der Waals surface area contributed by atoms with Crippen LogP contribution in [0.15, 0.2) is 71.6 Å². The van der Waals surface area contributed by atoms with Gasteiger partial charge in [0.25, 0.3) is 10.0 Å². The Labute approximate surface area is 235 Å². The van der Waals surface area contributed by atoms with Crippen molar-refractivity contribution in [2.75, 3.05) is 24.5 Å². The van der Waals surface area contributed by atoms with Gasteiger partial charge in [-0.25, -0.2) is 12.8 Å². The van der Waals surface area contributed by atoms with Crippen LogP contribution in [0.4, 0.5) is 10.1 Å². The van der Waals surface area contributed by atoms with Gasteiger partial charge in [0.15, 0.2) is 0 Å². The summed E-state index contributed by atoms with van der Waals surface area (Å²) in [6, 6.07) is 16.1. The molecule has 3 aromatic rings. The molecule has 0 spiro atoms. The Bertz CT molecular complexity index is 1430. The zero-order valence-electron chi connectivity index (χ0n) is 23.5. The van der Waals surface area contributed by atoms with E-state index < -0.39 is 34.3 Å². The Morgan fingerprint density at radius 1 is 0.975 bits per heavy atom. The third kappa shape index (κ3) is 7.38. The normalized spacial score (nSPS) is 11.9. The molecule has 0 saturated heterocycles. The molecule has 0 aliphatic heterocycles. The molecule has 1 unspecified atom stereocenters. The number of nitrogens with zero attached hydrogens (tertiary/aromatic N) is 2. The van der Waals surface area contributed by atoms with Crippen molar-refractivity contribution in [3.05, 3.63) is 89.2 Å². The first-order chi connectivity index (χ1) is 19.0. The molecule has 1 atom stereocenters. The summed E-state index contributed by atoms with van der Waals surface area (Å²) in [5.41, 5.74) is 2.43. The Morgan fingerprint density at radius 2 is 1.60 bits per heavy atom. The highest BCUT2D eigenvalue weighted by Gasteiger charge is 2.33. The van der Waals surface area contributed by atoms with Gasteiger partial charge < -0.3 is 15.0 Å². The molecule has 0 aliphatic rings. The smallest absolute Gasteiger partial charge is 0.264 e. The minimum absolute atomic E-state index is 0.00767. The summed E-state index contributed by atoms with van der Waals surface area (Å²) in [4.78, 5) is 28.2. The topological polar surface area (TPSA) is 96.0 Å². The number of carbonyl (C=O) groups is 2. The van der Waals surface area contributed by atoms with E-state index in [0.29, 0.717) is 18.5 Å². The van der Waals surface area contributed by atoms with Crippen LogP contribution in [0.1, 0.15) is 37.0 Å². The van der Waals surface area contributed by atoms with Crippen LogP contribution in [-0.2, 0) is 26.2 Å². The van der Waals surface area contributed by atoms with E-state index >= 15 is 0 Å². The molecule has 0 aromatic heterocycles. The fourth-order valence-electron chi connectivity index (χ4n) is 4.11. The van der Waals surface area contributed by atoms with E-state index in [9.17, 15) is 22.4 Å². The maximum absolute atomic E-state index is 14.0. The second-order valence-electron chi connectivity index (χ2n) is 9.62. The zero-order valence-corrected chi connectivity index (χ0v) is 24.3. The van der Waals surface area contributed by atoms with Gasteiger partial charge in [-0.3, -0.25) is 13.9 Å². The molecule has 0 bridgehead atoms. The predicted octanol–water partition coefficient (Wildman–Crippen LogP) is 4.59. The van der Waals surface area contributed by atoms with Crippen molar-refractivity contribution >= 4 is 27.5 Å². The van der Waals surface area contributed by atoms with Crippen LogP contribution in [0.25, 0.3) is 0 Å². The summed E-state index contributed by atoms with van der Waals surface area (Å²) in [7, 11) is -2.81. The molecule has 2 amide bonds. The number of anilines is 1. The number of amides is 2. The second-order valence-corrected chi connectivity index (χ2v) is 11.5. The summed E-state index contributed by atoms with van der Waals surface area (Å²) in [6.07, 6.45) is 0.708. The van der Waals surface area contributed by atoms with Crippen molar-refractivity contribution < 1.29 is 27.1 Å². The lowest BCUT2D eigenvalue weighted by atomic mass is 10.1. The molecule has 40 heavy (non-hydrogen) atoms. The number of benzene rings is 3. The highest BCUT2D eigenvalue weighted by Crippen LogP contribution is 2.33. The third-order valence-electron chi connectivity index (χ3n) is 6.47. The van der Waals surface area contributed by atoms with Crippen molar-refractivity contribution in [3.63, 3.8) is 0 Å². The molecule has 0 fully saturated rings. The lowest BCUT2D eigenvalue weighted by molar-refractivity contribution is -0.139. The molecule has 0 radical (unpaired) electrons. The average Bonchev–Trinajstić information content (AvgIpc) is 2.93. The number of hydrogen-bond donors (Lipinski definition) is 1. The first-order valence-electron chi connectivity index (χ1n) is 13.0. The minimum atomic E-state index is -4.23. The van der Waals surface area contributed by atoms with E-state index in [-0.39, 0.29) is 28.8 Å². The Morgan fingerprint density at radius 3 is 2.20 bits per heavy atom. The van der Waals surface area contributed by atoms with Gasteiger partial charge in [-0.05, 0) is 74.7 Å². The van der Waals surface area contributed by atoms with E-state index in [2.05, 4.69) is 5.32 Å². The van der Waals surface area contributed by atoms with Crippen LogP contribution in [-0.4, -0.2) is 51.4 Å². The van der Waals surface area contributed by atoms with Gasteiger partial charge in [0.2, 0.25) is 11.8 Å². The van der Waals surface area contributed by atoms with Crippen LogP contribution in [0.3, 0.4) is 0 Å². The van der Waals surface area contributed by atoms with Gasteiger partial charge in [-0.2, -0.15) is 0 Å². The summed E-state index contributed by atoms with van der Waals surface area (Å²) in [6.45, 7) is 6.96. The fraction of sp³-hybridized carbons (Fsp3) is 0.333. The van der Waals surface area contributed by atoms with E-state index in [4.69, 9.17) is 4.74 Å². The van der Waals surface area contributed by atoms with Gasteiger partial charge in [-0.15, -0.1) is 0 Å². The molecule has 10 heteroatoms.